The normalized spacial score (nSPS) is 12.0. The van der Waals surface area contributed by atoms with Crippen LogP contribution in [0.2, 0.25) is 0 Å². The number of carbonyl (C=O) groups is 8. The Bertz CT molecular complexity index is 1380. The highest BCUT2D eigenvalue weighted by molar-refractivity contribution is 6.63. The molecule has 0 aromatic carbocycles. The Morgan fingerprint density at radius 1 is 0.556 bits per heavy atom. The first-order chi connectivity index (χ1) is 29.3. The van der Waals surface area contributed by atoms with Crippen LogP contribution in [-0.2, 0) is 38.2 Å². The van der Waals surface area contributed by atoms with Crippen molar-refractivity contribution in [1.82, 2.24) is 10.6 Å². The van der Waals surface area contributed by atoms with Gasteiger partial charge >= 0.3 is 30.1 Å². The molecule has 0 radical (unpaired) electrons. The molecule has 364 valence electrons. The first kappa shape index (κ1) is 65.0. The molecule has 17 nitrogen and oxygen atoms in total. The highest BCUT2D eigenvalue weighted by Crippen LogP contribution is 2.12. The summed E-state index contributed by atoms with van der Waals surface area (Å²) in [6.45, 7) is 21.4. The van der Waals surface area contributed by atoms with Crippen molar-refractivity contribution in [3.63, 3.8) is 0 Å². The third-order valence-corrected chi connectivity index (χ3v) is 8.15. The monoisotopic (exact) mass is 919 g/mol. The Hall–Kier alpha value is -4.61. The number of amides is 2. The number of halogens is 1. The minimum atomic E-state index is -1.09. The third-order valence-electron chi connectivity index (χ3n) is 7.96. The number of aliphatic carboxylic acids is 3. The van der Waals surface area contributed by atoms with Crippen molar-refractivity contribution >= 4 is 58.5 Å². The van der Waals surface area contributed by atoms with Gasteiger partial charge in [-0.15, -0.1) is 19.7 Å². The van der Waals surface area contributed by atoms with Crippen LogP contribution in [-0.4, -0.2) is 98.1 Å². The predicted octanol–water partition coefficient (Wildman–Crippen LogP) is 8.15. The van der Waals surface area contributed by atoms with Crippen LogP contribution in [0.25, 0.3) is 0 Å². The predicted molar refractivity (Wildman–Crippen MR) is 245 cm³/mol. The summed E-state index contributed by atoms with van der Waals surface area (Å²) in [5, 5.41) is 31.0. The number of unbranched alkanes of at least 4 members (excludes halogenated alkanes) is 5. The van der Waals surface area contributed by atoms with Crippen LogP contribution in [0.5, 0.6) is 0 Å². The lowest BCUT2D eigenvalue weighted by Gasteiger charge is -2.22. The largest absolute Gasteiger partial charge is 0.480 e. The van der Waals surface area contributed by atoms with Crippen molar-refractivity contribution in [2.45, 2.75) is 193 Å². The fourth-order valence-electron chi connectivity index (χ4n) is 4.73. The second kappa shape index (κ2) is 40.2. The van der Waals surface area contributed by atoms with Gasteiger partial charge in [-0.3, -0.25) is 19.2 Å². The van der Waals surface area contributed by atoms with E-state index in [4.69, 9.17) is 47.9 Å². The molecule has 0 aromatic heterocycles. The van der Waals surface area contributed by atoms with E-state index in [1.807, 2.05) is 0 Å². The number of hydrogen-bond acceptors (Lipinski definition) is 12. The fraction of sp³-hybridized carbons (Fsp3) is 0.689. The number of Topliss-reactive ketones (excluding diaryl/α,β-unsaturated/α-hetero) is 2. The zero-order valence-corrected chi connectivity index (χ0v) is 39.4. The number of alkyl carbamates (subject to hydrolysis) is 2. The molecule has 0 aliphatic heterocycles. The molecule has 18 heteroatoms. The number of allylic oxidation sites excluding steroid dienone is 3. The van der Waals surface area contributed by atoms with Gasteiger partial charge in [0.15, 0.2) is 0 Å². The van der Waals surface area contributed by atoms with Gasteiger partial charge in [-0.25, -0.2) is 19.2 Å². The van der Waals surface area contributed by atoms with Gasteiger partial charge in [-0.05, 0) is 124 Å². The summed E-state index contributed by atoms with van der Waals surface area (Å²) in [4.78, 5) is 88.1. The summed E-state index contributed by atoms with van der Waals surface area (Å²) >= 11 is 4.97. The molecule has 9 N–H and O–H groups in total. The Kier molecular flexibility index (Phi) is 41.5. The van der Waals surface area contributed by atoms with Crippen molar-refractivity contribution in [3.8, 4) is 0 Å². The molecule has 3 atom stereocenters. The lowest BCUT2D eigenvalue weighted by Crippen LogP contribution is -2.43. The average molecular weight is 920 g/mol. The van der Waals surface area contributed by atoms with E-state index in [1.54, 1.807) is 59.8 Å². The Labute approximate surface area is 380 Å². The maximum absolute atomic E-state index is 11.6. The van der Waals surface area contributed by atoms with Crippen molar-refractivity contribution in [3.05, 3.63) is 38.0 Å². The molecule has 2 amide bonds. The van der Waals surface area contributed by atoms with Crippen LogP contribution < -0.4 is 22.1 Å². The van der Waals surface area contributed by atoms with E-state index in [9.17, 15) is 38.4 Å². The molecule has 0 aliphatic carbocycles. The summed E-state index contributed by atoms with van der Waals surface area (Å²) in [6.07, 6.45) is 15.5. The molecular formula is C45H79ClN4O13. The van der Waals surface area contributed by atoms with Gasteiger partial charge in [-0.1, -0.05) is 43.9 Å². The number of nitrogens with two attached hydrogens (primary N) is 2. The smallest absolute Gasteiger partial charge is 0.408 e. The molecule has 0 saturated carbocycles. The molecule has 0 aromatic rings. The summed E-state index contributed by atoms with van der Waals surface area (Å²) in [6, 6.07) is -2.66. The number of hydrogen-bond donors (Lipinski definition) is 7. The van der Waals surface area contributed by atoms with Crippen molar-refractivity contribution in [2.24, 2.45) is 11.5 Å². The Balaban J connectivity index is -0.000000391. The zero-order valence-electron chi connectivity index (χ0n) is 38.7. The number of carboxylic acids is 3. The number of carbonyl (C=O) groups excluding carboxylic acids is 5. The van der Waals surface area contributed by atoms with Gasteiger partial charge in [0.05, 0.1) is 0 Å². The van der Waals surface area contributed by atoms with Gasteiger partial charge in [-0.2, -0.15) is 0 Å². The lowest BCUT2D eigenvalue weighted by atomic mass is 10.0. The van der Waals surface area contributed by atoms with Gasteiger partial charge < -0.3 is 46.9 Å². The average Bonchev–Trinajstić information content (AvgIpc) is 3.16. The molecule has 0 bridgehead atoms. The summed E-state index contributed by atoms with van der Waals surface area (Å²) in [5.74, 6) is -2.65. The maximum Gasteiger partial charge on any atom is 0.408 e. The summed E-state index contributed by atoms with van der Waals surface area (Å²) < 4.78 is 10.0. The number of nitrogens with one attached hydrogen (secondary N) is 2. The van der Waals surface area contributed by atoms with E-state index >= 15 is 0 Å². The standard InChI is InChI=1S/C17H29NO5.C12H21NO3.C11H22N2O4.C5H7ClO/c1-5-6-10-13(19)11-8-7-9-12-14(15(20)21)18-16(22)23-17(2,3)4;1-2-3-7-10(14)8-5-4-6-9-11(13)12(15)16;1-11(2,3)17-10(16)13-8(9(14)15)6-4-5-7-12;1-2-3-4-5(6)7/h5,14H,1,6-12H2,2-4H3,(H,18,22)(H,20,21);2,11H,1,3-9,13H2,(H,15,16);8H,4-7,12H2,1-3H3,(H,13,16)(H,14,15);2H,1,3-4H2/t14-;11-;8-;/m000./s1. The highest BCUT2D eigenvalue weighted by Gasteiger charge is 2.24. The molecule has 0 saturated heterocycles. The number of ketones is 2. The van der Waals surface area contributed by atoms with Gasteiger partial charge in [0, 0.05) is 32.1 Å². The summed E-state index contributed by atoms with van der Waals surface area (Å²) in [5.41, 5.74) is 9.36. The zero-order chi connectivity index (χ0) is 49.4. The van der Waals surface area contributed by atoms with Gasteiger partial charge in [0.1, 0.15) is 40.9 Å². The molecule has 63 heavy (non-hydrogen) atoms. The van der Waals surface area contributed by atoms with Crippen molar-refractivity contribution in [2.75, 3.05) is 6.54 Å². The van der Waals surface area contributed by atoms with Gasteiger partial charge in [0.2, 0.25) is 5.24 Å². The van der Waals surface area contributed by atoms with Crippen LogP contribution >= 0.6 is 11.6 Å². The Morgan fingerprint density at radius 2 is 0.905 bits per heavy atom. The van der Waals surface area contributed by atoms with Crippen LogP contribution in [0.3, 0.4) is 0 Å². The van der Waals surface area contributed by atoms with Crippen molar-refractivity contribution < 1.29 is 63.1 Å². The first-order valence-electron chi connectivity index (χ1n) is 21.4. The van der Waals surface area contributed by atoms with Crippen LogP contribution in [0.15, 0.2) is 38.0 Å². The van der Waals surface area contributed by atoms with E-state index in [0.717, 1.165) is 44.9 Å². The lowest BCUT2D eigenvalue weighted by molar-refractivity contribution is -0.140. The number of rotatable bonds is 30. The van der Waals surface area contributed by atoms with E-state index in [1.165, 1.54) is 0 Å². The van der Waals surface area contributed by atoms with E-state index < -0.39 is 59.4 Å². The Morgan fingerprint density at radius 3 is 1.19 bits per heavy atom. The SMILES string of the molecule is C=CCCC(=O)CCCCC[C@H](N)C(=O)O.C=CCCC(=O)CCCCC[C@H](NC(=O)OC(C)(C)C)C(=O)O.C=CCCC(=O)Cl.CC(C)(C)OC(=O)N[C@@H](CCCCN)C(=O)O. The minimum Gasteiger partial charge on any atom is -0.480 e. The molecule has 0 heterocycles. The summed E-state index contributed by atoms with van der Waals surface area (Å²) in [7, 11) is 0. The van der Waals surface area contributed by atoms with Crippen molar-refractivity contribution in [1.29, 1.82) is 0 Å². The topological polar surface area (TPSA) is 292 Å². The van der Waals surface area contributed by atoms with E-state index in [0.29, 0.717) is 83.6 Å². The first-order valence-corrected chi connectivity index (χ1v) is 21.8. The molecule has 0 aliphatic rings. The second-order valence-corrected chi connectivity index (χ2v) is 16.8. The molecule has 0 fully saturated rings. The van der Waals surface area contributed by atoms with Crippen LogP contribution in [0.4, 0.5) is 9.59 Å². The van der Waals surface area contributed by atoms with Crippen LogP contribution in [0, 0.1) is 0 Å². The highest BCUT2D eigenvalue weighted by atomic mass is 35.5. The molecule has 0 spiro atoms. The second-order valence-electron chi connectivity index (χ2n) is 16.4. The minimum absolute atomic E-state index is 0.201. The van der Waals surface area contributed by atoms with E-state index in [2.05, 4.69) is 30.4 Å². The van der Waals surface area contributed by atoms with Gasteiger partial charge in [0.25, 0.3) is 0 Å². The van der Waals surface area contributed by atoms with E-state index in [-0.39, 0.29) is 16.8 Å². The maximum atomic E-state index is 11.6. The van der Waals surface area contributed by atoms with Crippen LogP contribution in [0.1, 0.15) is 164 Å². The molecular weight excluding hydrogens is 840 g/mol. The number of ether oxygens (including phenoxy) is 2. The quantitative estimate of drug-likeness (QED) is 0.0203. The fourth-order valence-corrected chi connectivity index (χ4v) is 4.84. The third kappa shape index (κ3) is 51.6. The molecule has 0 unspecified atom stereocenters. The molecule has 0 rings (SSSR count). The number of carboxylic acid groups (broad SMARTS) is 3.